The first kappa shape index (κ1) is 10.0. The summed E-state index contributed by atoms with van der Waals surface area (Å²) in [5.41, 5.74) is 0.108. The molecule has 0 aromatic heterocycles. The lowest BCUT2D eigenvalue weighted by Gasteiger charge is -2.01. The highest BCUT2D eigenvalue weighted by molar-refractivity contribution is 9.10. The van der Waals surface area contributed by atoms with Gasteiger partial charge in [-0.3, -0.25) is 0 Å². The lowest BCUT2D eigenvalue weighted by atomic mass is 10.2. The second-order valence-electron chi connectivity index (χ2n) is 2.23. The van der Waals surface area contributed by atoms with Gasteiger partial charge in [-0.1, -0.05) is 6.07 Å². The smallest absolute Gasteiger partial charge is 0.215 e. The summed E-state index contributed by atoms with van der Waals surface area (Å²) in [5, 5.41) is 0. The first-order chi connectivity index (χ1) is 6.15. The first-order valence-electron chi connectivity index (χ1n) is 3.31. The number of alkyl halides is 1. The molecule has 1 unspecified atom stereocenters. The number of isocyanates is 1. The van der Waals surface area contributed by atoms with Crippen molar-refractivity contribution in [3.63, 3.8) is 0 Å². The number of hydrogen-bond donors (Lipinski definition) is 0. The minimum absolute atomic E-state index is 0.108. The summed E-state index contributed by atoms with van der Waals surface area (Å²) in [6.07, 6.45) is -0.692. The van der Waals surface area contributed by atoms with Crippen LogP contribution in [0.4, 0.5) is 8.78 Å². The summed E-state index contributed by atoms with van der Waals surface area (Å²) >= 11 is 2.88. The zero-order valence-electron chi connectivity index (χ0n) is 6.30. The molecule has 0 aliphatic carbocycles. The molecule has 1 aromatic rings. The first-order valence-corrected chi connectivity index (χ1v) is 4.10. The summed E-state index contributed by atoms with van der Waals surface area (Å²) in [6.45, 7) is 0. The average molecular weight is 248 g/mol. The molecule has 0 saturated heterocycles. The molecular formula is C8H4BrF2NO. The lowest BCUT2D eigenvalue weighted by Crippen LogP contribution is -1.88. The Morgan fingerprint density at radius 2 is 2.23 bits per heavy atom. The van der Waals surface area contributed by atoms with Gasteiger partial charge >= 0.3 is 0 Å². The molecule has 0 saturated carbocycles. The normalized spacial score (nSPS) is 11.9. The molecule has 1 atom stereocenters. The molecule has 1 aromatic carbocycles. The average Bonchev–Trinajstić information content (AvgIpc) is 2.10. The zero-order valence-corrected chi connectivity index (χ0v) is 7.88. The van der Waals surface area contributed by atoms with Crippen molar-refractivity contribution < 1.29 is 13.6 Å². The molecule has 0 N–H and O–H groups in total. The van der Waals surface area contributed by atoms with E-state index in [4.69, 9.17) is 0 Å². The molecule has 2 nitrogen and oxygen atoms in total. The van der Waals surface area contributed by atoms with Crippen LogP contribution in [0.1, 0.15) is 11.9 Å². The van der Waals surface area contributed by atoms with Crippen LogP contribution in [0.25, 0.3) is 0 Å². The Balaban J connectivity index is 3.03. The fourth-order valence-corrected chi connectivity index (χ4v) is 1.18. The van der Waals surface area contributed by atoms with Crippen LogP contribution in [0, 0.1) is 5.82 Å². The number of hydrogen-bond acceptors (Lipinski definition) is 2. The molecule has 0 bridgehead atoms. The van der Waals surface area contributed by atoms with Crippen LogP contribution in [-0.4, -0.2) is 6.08 Å². The van der Waals surface area contributed by atoms with Gasteiger partial charge in [0.2, 0.25) is 12.4 Å². The van der Waals surface area contributed by atoms with Gasteiger partial charge in [0.1, 0.15) is 5.82 Å². The summed E-state index contributed by atoms with van der Waals surface area (Å²) < 4.78 is 25.7. The van der Waals surface area contributed by atoms with E-state index in [1.807, 2.05) is 0 Å². The lowest BCUT2D eigenvalue weighted by molar-refractivity contribution is 0.356. The van der Waals surface area contributed by atoms with Gasteiger partial charge in [-0.05, 0) is 28.1 Å². The van der Waals surface area contributed by atoms with Crippen LogP contribution in [0.5, 0.6) is 0 Å². The maximum Gasteiger partial charge on any atom is 0.238 e. The van der Waals surface area contributed by atoms with E-state index in [2.05, 4.69) is 20.9 Å². The number of nitrogens with zero attached hydrogens (tertiary/aromatic N) is 1. The molecule has 0 aliphatic heterocycles. The summed E-state index contributed by atoms with van der Waals surface area (Å²) in [6, 6.07) is 3.53. The minimum Gasteiger partial charge on any atom is -0.215 e. The van der Waals surface area contributed by atoms with E-state index in [-0.39, 0.29) is 10.0 Å². The van der Waals surface area contributed by atoms with Gasteiger partial charge < -0.3 is 0 Å². The highest BCUT2D eigenvalue weighted by atomic mass is 79.9. The van der Waals surface area contributed by atoms with Crippen molar-refractivity contribution in [3.05, 3.63) is 34.1 Å². The summed E-state index contributed by atoms with van der Waals surface area (Å²) in [5.74, 6) is -0.494. The fourth-order valence-electron chi connectivity index (χ4n) is 0.781. The Morgan fingerprint density at radius 3 is 2.77 bits per heavy atom. The van der Waals surface area contributed by atoms with Crippen molar-refractivity contribution in [2.75, 3.05) is 0 Å². The fraction of sp³-hybridized carbons (Fsp3) is 0.125. The number of benzene rings is 1. The van der Waals surface area contributed by atoms with E-state index in [0.717, 1.165) is 12.1 Å². The van der Waals surface area contributed by atoms with Crippen molar-refractivity contribution in [3.8, 4) is 0 Å². The third-order valence-electron chi connectivity index (χ3n) is 1.38. The van der Waals surface area contributed by atoms with Crippen LogP contribution in [-0.2, 0) is 4.79 Å². The molecule has 0 spiro atoms. The minimum atomic E-state index is -1.78. The summed E-state index contributed by atoms with van der Waals surface area (Å²) in [7, 11) is 0. The van der Waals surface area contributed by atoms with Gasteiger partial charge in [-0.25, -0.2) is 13.6 Å². The molecule has 0 aliphatic rings. The van der Waals surface area contributed by atoms with Crippen molar-refractivity contribution >= 4 is 22.0 Å². The largest absolute Gasteiger partial charge is 0.238 e. The highest BCUT2D eigenvalue weighted by Gasteiger charge is 2.09. The highest BCUT2D eigenvalue weighted by Crippen LogP contribution is 2.23. The van der Waals surface area contributed by atoms with Crippen LogP contribution >= 0.6 is 15.9 Å². The molecule has 0 amide bonds. The Kier molecular flexibility index (Phi) is 3.28. The Bertz CT molecular complexity index is 363. The van der Waals surface area contributed by atoms with E-state index in [1.54, 1.807) is 0 Å². The van der Waals surface area contributed by atoms with Gasteiger partial charge in [-0.15, -0.1) is 0 Å². The van der Waals surface area contributed by atoms with Crippen LogP contribution in [0.2, 0.25) is 0 Å². The van der Waals surface area contributed by atoms with E-state index in [1.165, 1.54) is 12.1 Å². The Hall–Kier alpha value is -1.06. The molecule has 0 radical (unpaired) electrons. The predicted molar refractivity (Wildman–Crippen MR) is 46.1 cm³/mol. The molecule has 13 heavy (non-hydrogen) atoms. The quantitative estimate of drug-likeness (QED) is 0.449. The maximum atomic E-state index is 12.9. The van der Waals surface area contributed by atoms with Gasteiger partial charge in [0.15, 0.2) is 0 Å². The van der Waals surface area contributed by atoms with Crippen LogP contribution in [0.15, 0.2) is 27.7 Å². The van der Waals surface area contributed by atoms with E-state index in [9.17, 15) is 13.6 Å². The molecule has 0 fully saturated rings. The topological polar surface area (TPSA) is 29.4 Å². The maximum absolute atomic E-state index is 12.9. The SMILES string of the molecule is O=C=NC(F)c1ccc(F)c(Br)c1. The second kappa shape index (κ2) is 4.25. The monoisotopic (exact) mass is 247 g/mol. The van der Waals surface area contributed by atoms with Crippen molar-refractivity contribution in [1.82, 2.24) is 0 Å². The van der Waals surface area contributed by atoms with Crippen LogP contribution < -0.4 is 0 Å². The standard InChI is InChI=1S/C8H4BrF2NO/c9-6-3-5(1-2-7(6)10)8(11)12-4-13/h1-3,8H. The van der Waals surface area contributed by atoms with Crippen molar-refractivity contribution in [1.29, 1.82) is 0 Å². The molecule has 5 heteroatoms. The number of halogens is 3. The van der Waals surface area contributed by atoms with Gasteiger partial charge in [-0.2, -0.15) is 4.99 Å². The van der Waals surface area contributed by atoms with Crippen molar-refractivity contribution in [2.45, 2.75) is 6.30 Å². The number of rotatable bonds is 2. The Morgan fingerprint density at radius 1 is 1.54 bits per heavy atom. The van der Waals surface area contributed by atoms with E-state index >= 15 is 0 Å². The molecular weight excluding hydrogens is 244 g/mol. The van der Waals surface area contributed by atoms with E-state index in [0.29, 0.717) is 0 Å². The zero-order chi connectivity index (χ0) is 9.84. The predicted octanol–water partition coefficient (Wildman–Crippen LogP) is 2.89. The molecule has 0 heterocycles. The Labute approximate surface area is 81.4 Å². The van der Waals surface area contributed by atoms with Crippen molar-refractivity contribution in [2.24, 2.45) is 4.99 Å². The van der Waals surface area contributed by atoms with E-state index < -0.39 is 12.1 Å². The summed E-state index contributed by atoms with van der Waals surface area (Å²) in [4.78, 5) is 12.6. The second-order valence-corrected chi connectivity index (χ2v) is 3.08. The molecule has 1 rings (SSSR count). The third-order valence-corrected chi connectivity index (χ3v) is 1.99. The number of aliphatic imine (C=N–C) groups is 1. The number of carbonyl (C=O) groups excluding carboxylic acids is 1. The van der Waals surface area contributed by atoms with Crippen LogP contribution in [0.3, 0.4) is 0 Å². The van der Waals surface area contributed by atoms with Gasteiger partial charge in [0, 0.05) is 5.56 Å². The third kappa shape index (κ3) is 2.44. The van der Waals surface area contributed by atoms with Gasteiger partial charge in [0.25, 0.3) is 0 Å². The van der Waals surface area contributed by atoms with Gasteiger partial charge in [0.05, 0.1) is 4.47 Å². The molecule has 68 valence electrons.